The fraction of sp³-hybridized carbons (Fsp3) is 0.469. The van der Waals surface area contributed by atoms with Crippen molar-refractivity contribution in [3.63, 3.8) is 0 Å². The van der Waals surface area contributed by atoms with Crippen LogP contribution in [-0.4, -0.2) is 151 Å². The highest BCUT2D eigenvalue weighted by Crippen LogP contribution is 2.72. The van der Waals surface area contributed by atoms with E-state index in [1.807, 2.05) is 36.4 Å². The Morgan fingerprint density at radius 3 is 2.42 bits per heavy atom. The van der Waals surface area contributed by atoms with Crippen molar-refractivity contribution in [2.75, 3.05) is 24.7 Å². The lowest BCUT2D eigenvalue weighted by Gasteiger charge is -2.58. The lowest BCUT2D eigenvalue weighted by molar-refractivity contribution is -0.422. The third-order valence-electron chi connectivity index (χ3n) is 19.5. The molecule has 4 aromatic carbocycles. The first-order chi connectivity index (χ1) is 41.3. The molecule has 6 aliphatic rings. The van der Waals surface area contributed by atoms with Gasteiger partial charge in [-0.3, -0.25) is 9.69 Å². The first-order valence-electron chi connectivity index (χ1n) is 29.6. The molecule has 1 amide bonds. The number of nitrogens with one attached hydrogen (secondary N) is 2. The number of phenolic OH excluding ortho intramolecular Hbond substituents is 4. The highest BCUT2D eigenvalue weighted by atomic mass is 16.8. The number of fused-ring (bicyclic) bond motifs is 6. The van der Waals surface area contributed by atoms with Gasteiger partial charge in [0, 0.05) is 77.5 Å². The standard InChI is InChI=1S/C64H76N6O16/c65-60(67-29-36-8-2-1-3-9-36)68-33-61(22-4-5-23-61)28-43(73)19-17-38-27-62(59(82)83)53(52(38)63-40(11-7-12-41(63)31-71)18-16-37-10-6-13-46(75)51(37)63)50-44(26-47(54(77)56(50)79)85-64(84)58(81)57(80)55(78)48(32-72)86-64)70(62)49(76)21-15-35-14-20-45(74)39(24-35)25-42-30-66-34-69-42/h1-3,6,8-10,13-15,20-21,24,26-27,30,34,40-41,43,48,52-53,55,57-58,71-75,77-81,84H,4-5,7,11-12,16-19,22-23,25,28-29,31-33H2,(H,66,69)(H,82,83)(H3,65,67,68)/b21-15+/t40-,41-,43-,48-,52-,53+,55-,57+,58-,62-,63+,64+/m1/s1. The number of aliphatic hydroxyl groups excluding tert-OH is 6. The molecule has 1 aromatic heterocycles. The van der Waals surface area contributed by atoms with Crippen LogP contribution >= 0.6 is 0 Å². The Bertz CT molecular complexity index is 3410. The number of nitrogens with two attached hydrogens (primary N) is 1. The van der Waals surface area contributed by atoms with Gasteiger partial charge in [0.05, 0.1) is 31.3 Å². The molecule has 3 fully saturated rings. The Morgan fingerprint density at radius 2 is 1.70 bits per heavy atom. The highest BCUT2D eigenvalue weighted by molar-refractivity contribution is 6.13. The number of aromatic nitrogens is 2. The molecule has 86 heavy (non-hydrogen) atoms. The quantitative estimate of drug-likeness (QED) is 0.0137. The van der Waals surface area contributed by atoms with Gasteiger partial charge in [-0.1, -0.05) is 73.4 Å². The van der Waals surface area contributed by atoms with E-state index in [1.165, 1.54) is 24.5 Å². The van der Waals surface area contributed by atoms with E-state index in [-0.39, 0.29) is 53.9 Å². The summed E-state index contributed by atoms with van der Waals surface area (Å²) in [6.07, 6.45) is 4.61. The molecule has 2 aliphatic heterocycles. The third-order valence-corrected chi connectivity index (χ3v) is 19.5. The first kappa shape index (κ1) is 60.2. The summed E-state index contributed by atoms with van der Waals surface area (Å²) in [6.45, 7) is -0.603. The van der Waals surface area contributed by atoms with E-state index in [4.69, 9.17) is 15.2 Å². The molecule has 0 bridgehead atoms. The molecule has 12 atom stereocenters. The molecular formula is C64H76N6O16. The number of H-pyrrole nitrogens is 1. The van der Waals surface area contributed by atoms with Crippen molar-refractivity contribution in [3.8, 4) is 28.7 Å². The van der Waals surface area contributed by atoms with Crippen molar-refractivity contribution in [1.29, 1.82) is 0 Å². The number of benzene rings is 4. The van der Waals surface area contributed by atoms with Crippen molar-refractivity contribution in [3.05, 3.63) is 142 Å². The predicted molar refractivity (Wildman–Crippen MR) is 313 cm³/mol. The Labute approximate surface area is 496 Å². The van der Waals surface area contributed by atoms with E-state index in [0.717, 1.165) is 53.9 Å². The van der Waals surface area contributed by atoms with E-state index in [1.54, 1.807) is 30.5 Å². The number of carbonyl (C=O) groups is 2. The minimum atomic E-state index is -3.36. The van der Waals surface area contributed by atoms with Crippen LogP contribution in [0.2, 0.25) is 0 Å². The maximum absolute atomic E-state index is 15.7. The molecule has 4 aliphatic carbocycles. The molecule has 458 valence electrons. The Balaban J connectivity index is 1.06. The lowest BCUT2D eigenvalue weighted by atomic mass is 9.45. The Morgan fingerprint density at radius 1 is 0.919 bits per heavy atom. The molecular weight excluding hydrogens is 1110 g/mol. The smallest absolute Gasteiger partial charge is 0.355 e. The largest absolute Gasteiger partial charge is 0.508 e. The van der Waals surface area contributed by atoms with Crippen molar-refractivity contribution >= 4 is 29.6 Å². The van der Waals surface area contributed by atoms with Crippen LogP contribution in [0.5, 0.6) is 28.7 Å². The maximum atomic E-state index is 15.7. The fourth-order valence-electron chi connectivity index (χ4n) is 15.7. The first-order valence-corrected chi connectivity index (χ1v) is 29.6. The van der Waals surface area contributed by atoms with Crippen LogP contribution in [0.3, 0.4) is 0 Å². The topological polar surface area (TPSA) is 378 Å². The van der Waals surface area contributed by atoms with Crippen molar-refractivity contribution < 1.29 is 80.3 Å². The van der Waals surface area contributed by atoms with E-state index in [0.29, 0.717) is 79.6 Å². The van der Waals surface area contributed by atoms with Crippen LogP contribution in [0.1, 0.15) is 116 Å². The SMILES string of the molecule is NC(=NCc1ccccc1)NCC1(C[C@H](O)CCC2=C[C@]3(C(=O)O)[C@@H](c4c(cc(O[C@]5(O)O[C@H](CO)[C@@H](O)[C@H](O)[C@H]5O)c(O)c4O)N3C(=O)/C=C/c3ccc(O)c(Cc4cnc[nH]4)c3)[C@@H]2[C@@]23c4c(O)cccc4CC[C@H]2CCC[C@@H]3CO)CCCC1. The van der Waals surface area contributed by atoms with Crippen molar-refractivity contribution in [2.45, 2.75) is 143 Å². The molecule has 3 heterocycles. The average Bonchev–Trinajstić information content (AvgIpc) is 1.48. The van der Waals surface area contributed by atoms with E-state index < -0.39 is 113 Å². The van der Waals surface area contributed by atoms with Crippen LogP contribution in [0, 0.1) is 23.2 Å². The third kappa shape index (κ3) is 10.5. The summed E-state index contributed by atoms with van der Waals surface area (Å²) in [7, 11) is 0. The minimum absolute atomic E-state index is 0.0350. The molecule has 0 spiro atoms. The minimum Gasteiger partial charge on any atom is -0.508 e. The van der Waals surface area contributed by atoms with Gasteiger partial charge < -0.3 is 86.8 Å². The van der Waals surface area contributed by atoms with Gasteiger partial charge in [0.1, 0.15) is 29.8 Å². The number of aliphatic carboxylic acids is 1. The molecule has 11 rings (SSSR count). The fourth-order valence-corrected chi connectivity index (χ4v) is 15.7. The predicted octanol–water partition coefficient (Wildman–Crippen LogP) is 4.33. The molecule has 22 heteroatoms. The molecule has 0 unspecified atom stereocenters. The van der Waals surface area contributed by atoms with Crippen LogP contribution in [0.15, 0.2) is 108 Å². The molecule has 0 radical (unpaired) electrons. The number of ether oxygens (including phenoxy) is 2. The van der Waals surface area contributed by atoms with Crippen LogP contribution < -0.4 is 20.7 Å². The van der Waals surface area contributed by atoms with Gasteiger partial charge in [0.2, 0.25) is 5.75 Å². The zero-order chi connectivity index (χ0) is 60.9. The van der Waals surface area contributed by atoms with E-state index in [2.05, 4.69) is 20.3 Å². The number of guanidine groups is 1. The summed E-state index contributed by atoms with van der Waals surface area (Å²) in [5.74, 6) is -12.5. The summed E-state index contributed by atoms with van der Waals surface area (Å²) in [5.41, 5.74) is 5.80. The summed E-state index contributed by atoms with van der Waals surface area (Å²) >= 11 is 0. The van der Waals surface area contributed by atoms with E-state index >= 15 is 9.59 Å². The zero-order valence-corrected chi connectivity index (χ0v) is 47.5. The molecule has 2 saturated carbocycles. The monoisotopic (exact) mass is 1180 g/mol. The summed E-state index contributed by atoms with van der Waals surface area (Å²) in [4.78, 5) is 43.4. The Kier molecular flexibility index (Phi) is 16.8. The molecule has 22 nitrogen and oxygen atoms in total. The number of aryl methyl sites for hydroxylation is 1. The number of hydrogen-bond acceptors (Lipinski definition) is 17. The second-order valence-electron chi connectivity index (χ2n) is 24.4. The number of phenols is 4. The number of amides is 1. The lowest BCUT2D eigenvalue weighted by Crippen LogP contribution is -2.67. The number of nitrogens with zero attached hydrogens (tertiary/aromatic N) is 3. The number of carboxylic acids is 1. The number of imidazole rings is 1. The average molecular weight is 1190 g/mol. The van der Waals surface area contributed by atoms with Crippen molar-refractivity contribution in [1.82, 2.24) is 15.3 Å². The van der Waals surface area contributed by atoms with Gasteiger partial charge in [0.25, 0.3) is 5.91 Å². The van der Waals surface area contributed by atoms with Crippen LogP contribution in [0.25, 0.3) is 6.08 Å². The second-order valence-corrected chi connectivity index (χ2v) is 24.4. The number of carboxylic acid groups (broad SMARTS) is 1. The number of aromatic amines is 1. The number of rotatable bonds is 19. The molecule has 16 N–H and O–H groups in total. The Hall–Kier alpha value is -7.54. The second kappa shape index (κ2) is 24.0. The van der Waals surface area contributed by atoms with Gasteiger partial charge in [0.15, 0.2) is 29.1 Å². The van der Waals surface area contributed by atoms with E-state index in [9.17, 15) is 61.3 Å². The number of allylic oxidation sites excluding steroid dienone is 1. The summed E-state index contributed by atoms with van der Waals surface area (Å²) in [6, 6.07) is 20.4. The van der Waals surface area contributed by atoms with Crippen molar-refractivity contribution in [2.24, 2.45) is 33.9 Å². The van der Waals surface area contributed by atoms with Gasteiger partial charge in [-0.25, -0.2) is 14.8 Å². The number of aliphatic hydroxyl groups is 7. The molecule has 5 aromatic rings. The normalized spacial score (nSPS) is 29.6. The number of hydrogen-bond donors (Lipinski definition) is 15. The zero-order valence-electron chi connectivity index (χ0n) is 47.5. The van der Waals surface area contributed by atoms with Gasteiger partial charge in [-0.05, 0) is 122 Å². The van der Waals surface area contributed by atoms with Crippen LogP contribution in [-0.2, 0) is 39.1 Å². The number of aromatic hydroxyl groups is 4. The maximum Gasteiger partial charge on any atom is 0.355 e. The molecule has 1 saturated heterocycles. The number of carbonyl (C=O) groups excluding carboxylic acids is 1. The summed E-state index contributed by atoms with van der Waals surface area (Å²) in [5, 5.41) is 142. The highest BCUT2D eigenvalue weighted by Gasteiger charge is 2.72. The summed E-state index contributed by atoms with van der Waals surface area (Å²) < 4.78 is 11.1. The number of anilines is 1. The van der Waals surface area contributed by atoms with Gasteiger partial charge in [-0.2, -0.15) is 0 Å². The van der Waals surface area contributed by atoms with Gasteiger partial charge in [-0.15, -0.1) is 0 Å². The van der Waals surface area contributed by atoms with Gasteiger partial charge >= 0.3 is 11.9 Å². The number of aliphatic imine (C=N–C) groups is 1. The van der Waals surface area contributed by atoms with Crippen LogP contribution in [0.4, 0.5) is 5.69 Å².